The van der Waals surface area contributed by atoms with Crippen LogP contribution in [0.2, 0.25) is 0 Å². The molecule has 2 aliphatic rings. The summed E-state index contributed by atoms with van der Waals surface area (Å²) in [5.74, 6) is 1.72. The molecule has 1 N–H and O–H groups in total. The largest absolute Gasteiger partial charge is 0.491 e. The maximum Gasteiger partial charge on any atom is 0.142 e. The maximum absolute atomic E-state index is 6.05. The van der Waals surface area contributed by atoms with Crippen molar-refractivity contribution in [3.8, 4) is 5.75 Å². The molecule has 2 heterocycles. The van der Waals surface area contributed by atoms with E-state index in [0.717, 1.165) is 25.3 Å². The molecule has 0 saturated carbocycles. The van der Waals surface area contributed by atoms with Gasteiger partial charge >= 0.3 is 0 Å². The number of likely N-dealkylation sites (tertiary alicyclic amines) is 1. The number of benzene rings is 1. The van der Waals surface area contributed by atoms with E-state index >= 15 is 0 Å². The molecule has 2 aliphatic heterocycles. The van der Waals surface area contributed by atoms with Crippen molar-refractivity contribution < 1.29 is 4.74 Å². The Hall–Kier alpha value is -1.22. The number of rotatable bonds is 3. The summed E-state index contributed by atoms with van der Waals surface area (Å²) in [7, 11) is 2.20. The highest BCUT2D eigenvalue weighted by molar-refractivity contribution is 5.65. The maximum atomic E-state index is 6.05. The third kappa shape index (κ3) is 2.46. The van der Waals surface area contributed by atoms with Crippen LogP contribution in [0.15, 0.2) is 18.2 Å². The van der Waals surface area contributed by atoms with Crippen molar-refractivity contribution in [2.24, 2.45) is 5.92 Å². The first kappa shape index (κ1) is 11.8. The van der Waals surface area contributed by atoms with Crippen LogP contribution < -0.4 is 10.1 Å². The van der Waals surface area contributed by atoms with E-state index in [1.165, 1.54) is 37.2 Å². The minimum atomic E-state index is 0.681. The predicted molar refractivity (Wildman–Crippen MR) is 74.4 cm³/mol. The van der Waals surface area contributed by atoms with Gasteiger partial charge in [0.2, 0.25) is 0 Å². The van der Waals surface area contributed by atoms with Crippen molar-refractivity contribution in [2.45, 2.75) is 19.3 Å². The first-order valence-corrected chi connectivity index (χ1v) is 7.00. The number of hydrogen-bond acceptors (Lipinski definition) is 3. The monoisotopic (exact) mass is 246 g/mol. The van der Waals surface area contributed by atoms with Crippen LogP contribution in [0.1, 0.15) is 18.4 Å². The number of fused-ring (bicyclic) bond motifs is 1. The molecular weight excluding hydrogens is 224 g/mol. The summed E-state index contributed by atoms with van der Waals surface area (Å²) in [6, 6.07) is 6.38. The van der Waals surface area contributed by atoms with Crippen molar-refractivity contribution in [3.05, 3.63) is 23.8 Å². The molecule has 98 valence electrons. The lowest BCUT2D eigenvalue weighted by atomic mass is 9.99. The summed E-state index contributed by atoms with van der Waals surface area (Å²) >= 11 is 0. The number of anilines is 1. The molecule has 3 rings (SSSR count). The second kappa shape index (κ2) is 5.19. The van der Waals surface area contributed by atoms with Crippen LogP contribution in [0.4, 0.5) is 5.69 Å². The fraction of sp³-hybridized carbons (Fsp3) is 0.600. The van der Waals surface area contributed by atoms with Gasteiger partial charge in [0.15, 0.2) is 0 Å². The molecule has 0 aromatic heterocycles. The fourth-order valence-electron chi connectivity index (χ4n) is 3.04. The lowest BCUT2D eigenvalue weighted by Crippen LogP contribution is -2.34. The molecule has 1 aromatic carbocycles. The molecule has 1 saturated heterocycles. The Balaban J connectivity index is 1.61. The van der Waals surface area contributed by atoms with Gasteiger partial charge in [-0.3, -0.25) is 0 Å². The smallest absolute Gasteiger partial charge is 0.142 e. The molecule has 0 spiro atoms. The van der Waals surface area contributed by atoms with Gasteiger partial charge in [0.25, 0.3) is 0 Å². The Labute approximate surface area is 109 Å². The van der Waals surface area contributed by atoms with Gasteiger partial charge in [-0.05, 0) is 44.5 Å². The van der Waals surface area contributed by atoms with Gasteiger partial charge in [-0.15, -0.1) is 0 Å². The number of piperidine rings is 1. The van der Waals surface area contributed by atoms with Crippen LogP contribution >= 0.6 is 0 Å². The van der Waals surface area contributed by atoms with Gasteiger partial charge in [-0.25, -0.2) is 0 Å². The van der Waals surface area contributed by atoms with Crippen LogP contribution in [0.3, 0.4) is 0 Å². The zero-order valence-electron chi connectivity index (χ0n) is 11.1. The Morgan fingerprint density at radius 3 is 3.28 bits per heavy atom. The van der Waals surface area contributed by atoms with E-state index in [0.29, 0.717) is 5.92 Å². The molecule has 0 radical (unpaired) electrons. The number of nitrogens with one attached hydrogen (secondary N) is 1. The first-order chi connectivity index (χ1) is 8.83. The van der Waals surface area contributed by atoms with E-state index in [4.69, 9.17) is 4.74 Å². The summed E-state index contributed by atoms with van der Waals surface area (Å²) in [5.41, 5.74) is 2.62. The third-order valence-electron chi connectivity index (χ3n) is 4.01. The van der Waals surface area contributed by atoms with Crippen LogP contribution in [0.25, 0.3) is 0 Å². The highest BCUT2D eigenvalue weighted by Gasteiger charge is 2.19. The van der Waals surface area contributed by atoms with Gasteiger partial charge in [0, 0.05) is 19.0 Å². The van der Waals surface area contributed by atoms with Crippen LogP contribution in [-0.2, 0) is 6.42 Å². The van der Waals surface area contributed by atoms with E-state index in [2.05, 4.69) is 35.5 Å². The number of hydrogen-bond donors (Lipinski definition) is 1. The second-order valence-corrected chi connectivity index (χ2v) is 5.55. The number of ether oxygens (including phenoxy) is 1. The summed E-state index contributed by atoms with van der Waals surface area (Å²) in [6.45, 7) is 4.30. The summed E-state index contributed by atoms with van der Waals surface area (Å²) in [6.07, 6.45) is 3.72. The average molecular weight is 246 g/mol. The van der Waals surface area contributed by atoms with Crippen molar-refractivity contribution in [2.75, 3.05) is 38.6 Å². The Morgan fingerprint density at radius 1 is 1.44 bits per heavy atom. The van der Waals surface area contributed by atoms with Gasteiger partial charge in [-0.1, -0.05) is 12.1 Å². The Morgan fingerprint density at radius 2 is 2.39 bits per heavy atom. The quantitative estimate of drug-likeness (QED) is 0.886. The molecule has 3 heteroatoms. The van der Waals surface area contributed by atoms with Crippen LogP contribution in [0.5, 0.6) is 5.75 Å². The van der Waals surface area contributed by atoms with Gasteiger partial charge in [-0.2, -0.15) is 0 Å². The molecule has 1 atom stereocenters. The lowest BCUT2D eigenvalue weighted by molar-refractivity contribution is 0.151. The summed E-state index contributed by atoms with van der Waals surface area (Å²) in [5, 5.41) is 3.43. The normalized spacial score (nSPS) is 23.5. The van der Waals surface area contributed by atoms with E-state index in [1.807, 2.05) is 0 Å². The molecule has 1 fully saturated rings. The molecule has 1 unspecified atom stereocenters. The summed E-state index contributed by atoms with van der Waals surface area (Å²) < 4.78 is 6.05. The molecule has 0 aliphatic carbocycles. The highest BCUT2D eigenvalue weighted by Crippen LogP contribution is 2.33. The Kier molecular flexibility index (Phi) is 3.41. The standard InChI is InChI=1S/C15H22N2O/c1-17-9-3-4-12(10-17)11-18-14-6-2-5-13-7-8-16-15(13)14/h2,5-6,12,16H,3-4,7-11H2,1H3. The van der Waals surface area contributed by atoms with E-state index < -0.39 is 0 Å². The summed E-state index contributed by atoms with van der Waals surface area (Å²) in [4.78, 5) is 2.41. The molecule has 18 heavy (non-hydrogen) atoms. The fourth-order valence-corrected chi connectivity index (χ4v) is 3.04. The highest BCUT2D eigenvalue weighted by atomic mass is 16.5. The molecule has 0 amide bonds. The van der Waals surface area contributed by atoms with Gasteiger partial charge in [0.1, 0.15) is 5.75 Å². The second-order valence-electron chi connectivity index (χ2n) is 5.55. The van der Waals surface area contributed by atoms with Crippen molar-refractivity contribution in [3.63, 3.8) is 0 Å². The minimum Gasteiger partial charge on any atom is -0.491 e. The van der Waals surface area contributed by atoms with Crippen molar-refractivity contribution >= 4 is 5.69 Å². The number of para-hydroxylation sites is 1. The molecular formula is C15H22N2O. The Bertz CT molecular complexity index is 419. The third-order valence-corrected chi connectivity index (χ3v) is 4.01. The lowest BCUT2D eigenvalue weighted by Gasteiger charge is -2.29. The van der Waals surface area contributed by atoms with Gasteiger partial charge < -0.3 is 15.0 Å². The van der Waals surface area contributed by atoms with Gasteiger partial charge in [0.05, 0.1) is 12.3 Å². The van der Waals surface area contributed by atoms with Crippen LogP contribution in [-0.4, -0.2) is 38.2 Å². The zero-order chi connectivity index (χ0) is 12.4. The first-order valence-electron chi connectivity index (χ1n) is 7.00. The zero-order valence-corrected chi connectivity index (χ0v) is 11.1. The topological polar surface area (TPSA) is 24.5 Å². The van der Waals surface area contributed by atoms with E-state index in [-0.39, 0.29) is 0 Å². The number of nitrogens with zero attached hydrogens (tertiary/aromatic N) is 1. The van der Waals surface area contributed by atoms with E-state index in [9.17, 15) is 0 Å². The average Bonchev–Trinajstić information content (AvgIpc) is 2.85. The predicted octanol–water partition coefficient (Wildman–Crippen LogP) is 2.38. The molecule has 1 aromatic rings. The molecule has 3 nitrogen and oxygen atoms in total. The van der Waals surface area contributed by atoms with Crippen molar-refractivity contribution in [1.82, 2.24) is 4.90 Å². The molecule has 0 bridgehead atoms. The van der Waals surface area contributed by atoms with Crippen molar-refractivity contribution in [1.29, 1.82) is 0 Å². The van der Waals surface area contributed by atoms with E-state index in [1.54, 1.807) is 0 Å². The van der Waals surface area contributed by atoms with Crippen LogP contribution in [0, 0.1) is 5.92 Å². The SMILES string of the molecule is CN1CCCC(COc2cccc3c2NCC3)C1. The minimum absolute atomic E-state index is 0.681.